The monoisotopic (exact) mass is 402 g/mol. The third-order valence-electron chi connectivity index (χ3n) is 4.89. The lowest BCUT2D eigenvalue weighted by Gasteiger charge is -2.34. The maximum Gasteiger partial charge on any atom is 0.248 e. The van der Waals surface area contributed by atoms with Crippen molar-refractivity contribution in [1.29, 1.82) is 0 Å². The van der Waals surface area contributed by atoms with Crippen molar-refractivity contribution in [3.8, 4) is 0 Å². The van der Waals surface area contributed by atoms with Crippen molar-refractivity contribution >= 4 is 15.9 Å². The van der Waals surface area contributed by atoms with E-state index in [0.29, 0.717) is 37.7 Å². The molecule has 0 radical (unpaired) electrons. The zero-order chi connectivity index (χ0) is 20.1. The number of hydrogen-bond acceptors (Lipinski definition) is 4. The molecule has 0 atom stereocenters. The molecule has 0 spiro atoms. The Kier molecular flexibility index (Phi) is 6.49. The highest BCUT2D eigenvalue weighted by Gasteiger charge is 2.31. The van der Waals surface area contributed by atoms with Crippen molar-refractivity contribution in [3.05, 3.63) is 65.2 Å². The third-order valence-corrected chi connectivity index (χ3v) is 6.93. The Labute approximate surface area is 166 Å². The molecule has 0 N–H and O–H groups in total. The van der Waals surface area contributed by atoms with Crippen LogP contribution in [0.2, 0.25) is 0 Å². The lowest BCUT2D eigenvalue weighted by atomic mass is 10.2. The van der Waals surface area contributed by atoms with Crippen molar-refractivity contribution in [2.75, 3.05) is 32.8 Å². The van der Waals surface area contributed by atoms with E-state index in [4.69, 9.17) is 4.74 Å². The zero-order valence-corrected chi connectivity index (χ0v) is 17.1. The van der Waals surface area contributed by atoms with Gasteiger partial charge < -0.3 is 9.64 Å². The number of rotatable bonds is 6. The average molecular weight is 403 g/mol. The summed E-state index contributed by atoms with van der Waals surface area (Å²) in [6.07, 6.45) is 0. The van der Waals surface area contributed by atoms with Gasteiger partial charge in [0, 0.05) is 26.2 Å². The minimum atomic E-state index is -3.55. The van der Waals surface area contributed by atoms with E-state index in [1.807, 2.05) is 49.4 Å². The third kappa shape index (κ3) is 4.79. The predicted molar refractivity (Wildman–Crippen MR) is 107 cm³/mol. The molecule has 1 aliphatic heterocycles. The van der Waals surface area contributed by atoms with Gasteiger partial charge in [0.05, 0.1) is 11.5 Å². The van der Waals surface area contributed by atoms with Crippen molar-refractivity contribution in [3.63, 3.8) is 0 Å². The van der Waals surface area contributed by atoms with Crippen molar-refractivity contribution < 1.29 is 17.9 Å². The first-order valence-corrected chi connectivity index (χ1v) is 10.8. The summed E-state index contributed by atoms with van der Waals surface area (Å²) in [5.41, 5.74) is 2.66. The molecule has 0 aliphatic carbocycles. The van der Waals surface area contributed by atoms with E-state index in [9.17, 15) is 13.2 Å². The first kappa shape index (κ1) is 20.5. The molecule has 1 amide bonds. The SMILES string of the molecule is Cc1ccc(C)c(S(=O)(=O)N2CCN(C(=O)COCc3ccccc3)CC2)c1. The number of carbonyl (C=O) groups excluding carboxylic acids is 1. The van der Waals surface area contributed by atoms with E-state index in [-0.39, 0.29) is 12.5 Å². The van der Waals surface area contributed by atoms with Crippen molar-refractivity contribution in [2.24, 2.45) is 0 Å². The predicted octanol–water partition coefficient (Wildman–Crippen LogP) is 2.35. The summed E-state index contributed by atoms with van der Waals surface area (Å²) in [5.74, 6) is -0.111. The van der Waals surface area contributed by atoms with Crippen LogP contribution in [0.25, 0.3) is 0 Å². The molecule has 1 aliphatic rings. The molecule has 150 valence electrons. The van der Waals surface area contributed by atoms with E-state index in [2.05, 4.69) is 0 Å². The number of amides is 1. The molecule has 0 aromatic heterocycles. The van der Waals surface area contributed by atoms with Crippen molar-refractivity contribution in [2.45, 2.75) is 25.3 Å². The van der Waals surface area contributed by atoms with Crippen LogP contribution >= 0.6 is 0 Å². The molecule has 7 heteroatoms. The van der Waals surface area contributed by atoms with Gasteiger partial charge in [0.1, 0.15) is 6.61 Å². The Hall–Kier alpha value is -2.22. The summed E-state index contributed by atoms with van der Waals surface area (Å²) in [6.45, 7) is 5.39. The first-order valence-electron chi connectivity index (χ1n) is 9.35. The van der Waals surface area contributed by atoms with Gasteiger partial charge in [-0.2, -0.15) is 4.31 Å². The normalized spacial score (nSPS) is 15.6. The lowest BCUT2D eigenvalue weighted by molar-refractivity contribution is -0.137. The van der Waals surface area contributed by atoms with Crippen LogP contribution in [-0.4, -0.2) is 56.3 Å². The molecule has 1 fully saturated rings. The minimum absolute atomic E-state index is 0.00136. The molecule has 1 saturated heterocycles. The molecule has 0 saturated carbocycles. The van der Waals surface area contributed by atoms with Crippen LogP contribution in [0.5, 0.6) is 0 Å². The molecule has 0 bridgehead atoms. The number of hydrogen-bond donors (Lipinski definition) is 0. The summed E-state index contributed by atoms with van der Waals surface area (Å²) in [4.78, 5) is 14.4. The summed E-state index contributed by atoms with van der Waals surface area (Å²) in [7, 11) is -3.55. The van der Waals surface area contributed by atoms with Crippen LogP contribution in [0, 0.1) is 13.8 Å². The summed E-state index contributed by atoms with van der Waals surface area (Å²) in [5, 5.41) is 0. The van der Waals surface area contributed by atoms with Gasteiger partial charge in [-0.3, -0.25) is 4.79 Å². The van der Waals surface area contributed by atoms with Gasteiger partial charge in [-0.1, -0.05) is 42.5 Å². The van der Waals surface area contributed by atoms with E-state index < -0.39 is 10.0 Å². The highest BCUT2D eigenvalue weighted by atomic mass is 32.2. The number of piperazine rings is 1. The lowest BCUT2D eigenvalue weighted by Crippen LogP contribution is -2.51. The zero-order valence-electron chi connectivity index (χ0n) is 16.3. The Bertz CT molecular complexity index is 921. The second-order valence-corrected chi connectivity index (χ2v) is 8.94. The maximum atomic E-state index is 13.0. The summed E-state index contributed by atoms with van der Waals surface area (Å²) >= 11 is 0. The second kappa shape index (κ2) is 8.86. The number of nitrogens with zero attached hydrogens (tertiary/aromatic N) is 2. The molecule has 28 heavy (non-hydrogen) atoms. The van der Waals surface area contributed by atoms with Crippen LogP contribution in [0.1, 0.15) is 16.7 Å². The number of benzene rings is 2. The quantitative estimate of drug-likeness (QED) is 0.744. The molecule has 2 aromatic rings. The van der Waals surface area contributed by atoms with E-state index in [1.165, 1.54) is 4.31 Å². The first-order chi connectivity index (χ1) is 13.4. The van der Waals surface area contributed by atoms with Crippen molar-refractivity contribution in [1.82, 2.24) is 9.21 Å². The van der Waals surface area contributed by atoms with E-state index in [0.717, 1.165) is 16.7 Å². The fourth-order valence-electron chi connectivity index (χ4n) is 3.22. The maximum absolute atomic E-state index is 13.0. The van der Waals surface area contributed by atoms with Crippen LogP contribution in [-0.2, 0) is 26.2 Å². The highest BCUT2D eigenvalue weighted by Crippen LogP contribution is 2.22. The van der Waals surface area contributed by atoms with Gasteiger partial charge in [-0.15, -0.1) is 0 Å². The average Bonchev–Trinajstić information content (AvgIpc) is 2.70. The highest BCUT2D eigenvalue weighted by molar-refractivity contribution is 7.89. The Morgan fingerprint density at radius 2 is 1.68 bits per heavy atom. The molecule has 1 heterocycles. The van der Waals surface area contributed by atoms with Gasteiger partial charge >= 0.3 is 0 Å². The van der Waals surface area contributed by atoms with Crippen LogP contribution < -0.4 is 0 Å². The fourth-order valence-corrected chi connectivity index (χ4v) is 4.96. The smallest absolute Gasteiger partial charge is 0.248 e. The van der Waals surface area contributed by atoms with Gasteiger partial charge in [-0.05, 0) is 36.6 Å². The van der Waals surface area contributed by atoms with Crippen LogP contribution in [0.15, 0.2) is 53.4 Å². The van der Waals surface area contributed by atoms with Crippen LogP contribution in [0.4, 0.5) is 0 Å². The van der Waals surface area contributed by atoms with Gasteiger partial charge in [-0.25, -0.2) is 8.42 Å². The van der Waals surface area contributed by atoms with E-state index >= 15 is 0 Å². The number of ether oxygens (including phenoxy) is 1. The topological polar surface area (TPSA) is 66.9 Å². The molecule has 0 unspecified atom stereocenters. The molecule has 2 aromatic carbocycles. The Morgan fingerprint density at radius 1 is 1.00 bits per heavy atom. The van der Waals surface area contributed by atoms with Gasteiger partial charge in [0.2, 0.25) is 15.9 Å². The van der Waals surface area contributed by atoms with Gasteiger partial charge in [0.15, 0.2) is 0 Å². The fraction of sp³-hybridized carbons (Fsp3) is 0.381. The molecular weight excluding hydrogens is 376 g/mol. The number of carbonyl (C=O) groups is 1. The number of sulfonamides is 1. The minimum Gasteiger partial charge on any atom is -0.367 e. The largest absolute Gasteiger partial charge is 0.367 e. The number of aryl methyl sites for hydroxylation is 2. The Morgan fingerprint density at radius 3 is 2.36 bits per heavy atom. The Balaban J connectivity index is 1.53. The van der Waals surface area contributed by atoms with Crippen LogP contribution in [0.3, 0.4) is 0 Å². The molecular formula is C21H26N2O4S. The molecule has 3 rings (SSSR count). The van der Waals surface area contributed by atoms with Gasteiger partial charge in [0.25, 0.3) is 0 Å². The summed E-state index contributed by atoms with van der Waals surface area (Å²) < 4.78 is 32.9. The standard InChI is InChI=1S/C21H26N2O4S/c1-17-8-9-18(2)20(14-17)28(25,26)23-12-10-22(11-13-23)21(24)16-27-15-19-6-4-3-5-7-19/h3-9,14H,10-13,15-16H2,1-2H3. The summed E-state index contributed by atoms with van der Waals surface area (Å²) in [6, 6.07) is 15.1. The van der Waals surface area contributed by atoms with E-state index in [1.54, 1.807) is 17.9 Å². The molecule has 6 nitrogen and oxygen atoms in total. The second-order valence-electron chi connectivity index (χ2n) is 7.03.